The van der Waals surface area contributed by atoms with Crippen LogP contribution in [-0.2, 0) is 69.0 Å². The van der Waals surface area contributed by atoms with Crippen LogP contribution in [0.1, 0.15) is 66.8 Å². The lowest BCUT2D eigenvalue weighted by molar-refractivity contribution is 1.31. The first-order valence-corrected chi connectivity index (χ1v) is 29.4. The number of halogens is 3. The van der Waals surface area contributed by atoms with Crippen LogP contribution < -0.4 is 0 Å². The normalized spacial score (nSPS) is 12.6. The zero-order valence-corrected chi connectivity index (χ0v) is 43.8. The third-order valence-corrected chi connectivity index (χ3v) is 16.0. The van der Waals surface area contributed by atoms with Gasteiger partial charge in [-0.1, -0.05) is 202 Å². The van der Waals surface area contributed by atoms with Crippen molar-refractivity contribution in [3.63, 3.8) is 0 Å². The van der Waals surface area contributed by atoms with Crippen molar-refractivity contribution >= 4 is 142 Å². The molecule has 6 bridgehead atoms. The Morgan fingerprint density at radius 3 is 0.656 bits per heavy atom. The zero-order chi connectivity index (χ0) is 43.5. The van der Waals surface area contributed by atoms with Gasteiger partial charge in [0.2, 0.25) is 0 Å². The van der Waals surface area contributed by atoms with Crippen molar-refractivity contribution in [2.24, 2.45) is 0 Å². The maximum atomic E-state index is 4.81. The van der Waals surface area contributed by atoms with Crippen molar-refractivity contribution in [1.82, 2.24) is 0 Å². The summed E-state index contributed by atoms with van der Waals surface area (Å²) in [4.78, 5) is 0. The van der Waals surface area contributed by atoms with Crippen molar-refractivity contribution in [2.75, 3.05) is 0 Å². The van der Waals surface area contributed by atoms with Gasteiger partial charge >= 0.3 is 0 Å². The van der Waals surface area contributed by atoms with E-state index in [0.29, 0.717) is 0 Å². The van der Waals surface area contributed by atoms with Crippen LogP contribution >= 0.6 is 142 Å². The van der Waals surface area contributed by atoms with Gasteiger partial charge in [0.05, 0.1) is 0 Å². The molecule has 0 aromatic heterocycles. The van der Waals surface area contributed by atoms with Gasteiger partial charge in [-0.3, -0.25) is 0 Å². The molecule has 324 valence electrons. The molecule has 0 saturated heterocycles. The molecule has 0 amide bonds. The van der Waals surface area contributed by atoms with Crippen LogP contribution in [-0.4, -0.2) is 4.30 Å². The van der Waals surface area contributed by atoms with Gasteiger partial charge in [0.1, 0.15) is 0 Å². The largest absolute Gasteiger partial charge is 0.180 e. The summed E-state index contributed by atoms with van der Waals surface area (Å²) in [6.45, 7) is 0. The third-order valence-electron chi connectivity index (χ3n) is 9.02. The Morgan fingerprint density at radius 2 is 0.492 bits per heavy atom. The highest BCUT2D eigenvalue weighted by Crippen LogP contribution is 2.30. The predicted octanol–water partition coefficient (Wildman–Crippen LogP) is 17.5. The summed E-state index contributed by atoms with van der Waals surface area (Å²) in [7, 11) is 3.81. The lowest BCUT2D eigenvalue weighted by Crippen LogP contribution is -1.87. The maximum absolute atomic E-state index is 4.81. The topological polar surface area (TPSA) is 0 Å². The van der Waals surface area contributed by atoms with E-state index in [2.05, 4.69) is 196 Å². The van der Waals surface area contributed by atoms with E-state index in [0.717, 1.165) is 69.0 Å². The molecule has 12 rings (SSSR count). The molecule has 0 nitrogen and oxygen atoms in total. The van der Waals surface area contributed by atoms with Crippen LogP contribution in [0.3, 0.4) is 0 Å². The van der Waals surface area contributed by atoms with E-state index in [4.69, 9.17) is 34.8 Å². The highest BCUT2D eigenvalue weighted by Gasteiger charge is 2.03. The summed E-state index contributed by atoms with van der Waals surface area (Å²) < 4.78 is -0.750. The molecule has 6 aliphatic rings. The SMILES string of the molecule is ClC(Cl)Cl.SCc1ccc(CS)cc1.SCc1ccc(CSSCc2ccc(CS)cc2)cc1.c1cc2ccc1CSCc1ccc(cc1)CSCc1ccc(cc1)CSC2. The van der Waals surface area contributed by atoms with Crippen LogP contribution in [0.4, 0.5) is 0 Å². The van der Waals surface area contributed by atoms with Crippen molar-refractivity contribution in [2.45, 2.75) is 73.3 Å². The van der Waals surface area contributed by atoms with Crippen molar-refractivity contribution < 1.29 is 0 Å². The quantitative estimate of drug-likeness (QED) is 0.0492. The van der Waals surface area contributed by atoms with Gasteiger partial charge in [-0.15, -0.1) is 0 Å². The molecule has 61 heavy (non-hydrogen) atoms. The zero-order valence-electron chi connectivity index (χ0n) is 33.9. The molecule has 6 aromatic carbocycles. The fraction of sp³-hybridized carbons (Fsp3) is 0.265. The lowest BCUT2D eigenvalue weighted by atomic mass is 10.2. The van der Waals surface area contributed by atoms with E-state index in [-0.39, 0.29) is 0 Å². The van der Waals surface area contributed by atoms with E-state index in [1.54, 1.807) is 0 Å². The Hall–Kier alpha value is -0.660. The van der Waals surface area contributed by atoms with Gasteiger partial charge in [-0.05, 0) is 66.8 Å². The highest BCUT2D eigenvalue weighted by molar-refractivity contribution is 8.76. The second-order valence-corrected chi connectivity index (χ2v) is 22.4. The van der Waals surface area contributed by atoms with Crippen molar-refractivity contribution in [3.05, 3.63) is 212 Å². The van der Waals surface area contributed by atoms with Gasteiger partial charge < -0.3 is 0 Å². The smallest absolute Gasteiger partial charge is 0.175 e. The van der Waals surface area contributed by atoms with Crippen LogP contribution in [0.15, 0.2) is 146 Å². The standard InChI is InChI=1S/C24H24S3.C16H18S4.C8H10S2.CHCl3/c1-2-20-4-3-19(1)13-25-15-21-5-7-23(8-6-21)17-27-18-24-11-9-22(10-12-24)16-26-14-20;17-9-13-1-5-15(6-2-13)11-19-20-12-16-7-3-14(10-18)4-8-16;9-5-7-1-2-8(6-10)4-3-7;2-1(3)4/h1-12H,13-18H2;1-8,17-18H,9-12H2;1-4,9-10H,5-6H2;1H. The minimum atomic E-state index is -0.750. The number of thiol groups is 4. The monoisotopic (exact) mass is 1030 g/mol. The lowest BCUT2D eigenvalue weighted by Gasteiger charge is -2.06. The molecule has 0 atom stereocenters. The number of thioether (sulfide) groups is 3. The number of hydrogen-bond acceptors (Lipinski definition) is 9. The summed E-state index contributed by atoms with van der Waals surface area (Å²) >= 11 is 37.3. The van der Waals surface area contributed by atoms with Gasteiger partial charge in [0.15, 0.2) is 4.30 Å². The first kappa shape index (κ1) is 53.0. The summed E-state index contributed by atoms with van der Waals surface area (Å²) in [5, 5.41) is 0. The van der Waals surface area contributed by atoms with Crippen LogP contribution in [0, 0.1) is 0 Å². The van der Waals surface area contributed by atoms with E-state index >= 15 is 0 Å². The average molecular weight is 1040 g/mol. The molecule has 0 spiro atoms. The van der Waals surface area contributed by atoms with E-state index in [1.165, 1.54) is 66.8 Å². The molecular weight excluding hydrogens is 984 g/mol. The predicted molar refractivity (Wildman–Crippen MR) is 298 cm³/mol. The molecule has 12 heteroatoms. The molecule has 6 aliphatic heterocycles. The molecule has 0 unspecified atom stereocenters. The summed E-state index contributed by atoms with van der Waals surface area (Å²) in [6.07, 6.45) is 0. The summed E-state index contributed by atoms with van der Waals surface area (Å²) in [6, 6.07) is 53.2. The second-order valence-electron chi connectivity index (χ2n) is 13.8. The second kappa shape index (κ2) is 32.1. The molecule has 0 saturated carbocycles. The van der Waals surface area contributed by atoms with Crippen molar-refractivity contribution in [3.8, 4) is 0 Å². The Balaban J connectivity index is 0.000000210. The number of alkyl halides is 3. The van der Waals surface area contributed by atoms with Crippen LogP contribution in [0.5, 0.6) is 0 Å². The van der Waals surface area contributed by atoms with Gasteiger partial charge in [0, 0.05) is 69.0 Å². The Bertz CT molecular complexity index is 1770. The van der Waals surface area contributed by atoms with Crippen molar-refractivity contribution in [1.29, 1.82) is 0 Å². The molecule has 6 heterocycles. The van der Waals surface area contributed by atoms with Gasteiger partial charge in [-0.25, -0.2) is 0 Å². The maximum Gasteiger partial charge on any atom is 0.180 e. The molecule has 0 N–H and O–H groups in total. The fourth-order valence-electron chi connectivity index (χ4n) is 5.51. The molecule has 0 radical (unpaired) electrons. The average Bonchev–Trinajstić information content (AvgIpc) is 3.30. The molecule has 6 aromatic rings. The number of hydrogen-bond donors (Lipinski definition) is 4. The summed E-state index contributed by atoms with van der Waals surface area (Å²) in [5.74, 6) is 11.8. The fourth-order valence-corrected chi connectivity index (χ4v) is 11.4. The number of rotatable bonds is 9. The minimum Gasteiger partial charge on any atom is -0.175 e. The van der Waals surface area contributed by atoms with E-state index in [1.807, 2.05) is 56.9 Å². The Labute approximate surface area is 423 Å². The van der Waals surface area contributed by atoms with E-state index < -0.39 is 4.30 Å². The molecular formula is C49H53Cl3S9. The van der Waals surface area contributed by atoms with E-state index in [9.17, 15) is 0 Å². The summed E-state index contributed by atoms with van der Waals surface area (Å²) in [5.41, 5.74) is 16.3. The Kier molecular flexibility index (Phi) is 27.9. The van der Waals surface area contributed by atoms with Gasteiger partial charge in [0.25, 0.3) is 0 Å². The van der Waals surface area contributed by atoms with Crippen LogP contribution in [0.25, 0.3) is 0 Å². The molecule has 0 fully saturated rings. The first-order chi connectivity index (χ1) is 29.8. The first-order valence-electron chi connectivity index (χ1n) is 19.6. The van der Waals surface area contributed by atoms with Gasteiger partial charge in [-0.2, -0.15) is 85.8 Å². The third kappa shape index (κ3) is 22.9. The minimum absolute atomic E-state index is 0.750. The van der Waals surface area contributed by atoms with Crippen LogP contribution in [0.2, 0.25) is 0 Å². The molecule has 0 aliphatic carbocycles. The Morgan fingerprint density at radius 1 is 0.328 bits per heavy atom. The highest BCUT2D eigenvalue weighted by atomic mass is 35.6. The number of benzene rings is 6.